The first-order valence-corrected chi connectivity index (χ1v) is 11.7. The fourth-order valence-electron chi connectivity index (χ4n) is 3.77. The van der Waals surface area contributed by atoms with Crippen LogP contribution in [0.1, 0.15) is 27.0 Å². The summed E-state index contributed by atoms with van der Waals surface area (Å²) in [4.78, 5) is 24.5. The topological polar surface area (TPSA) is 99.4 Å². The highest BCUT2D eigenvalue weighted by Crippen LogP contribution is 2.31. The van der Waals surface area contributed by atoms with Gasteiger partial charge >= 0.3 is 12.1 Å². The molecule has 0 saturated carbocycles. The van der Waals surface area contributed by atoms with Gasteiger partial charge in [-0.05, 0) is 77.4 Å². The first kappa shape index (κ1) is 26.9. The summed E-state index contributed by atoms with van der Waals surface area (Å²) in [6, 6.07) is 25.0. The molecule has 0 aromatic heterocycles. The van der Waals surface area contributed by atoms with E-state index in [1.165, 1.54) is 24.3 Å². The number of benzene rings is 4. The number of carbonyl (C=O) groups is 2. The van der Waals surface area contributed by atoms with Crippen LogP contribution in [-0.4, -0.2) is 23.0 Å². The summed E-state index contributed by atoms with van der Waals surface area (Å²) in [5.41, 5.74) is 1.78. The summed E-state index contributed by atoms with van der Waals surface area (Å²) < 4.78 is 44.1. The van der Waals surface area contributed by atoms with Crippen molar-refractivity contribution in [1.29, 1.82) is 5.26 Å². The SMILES string of the molecule is N#Cc1ccc(Oc2ccc(C[C@H](NC(=O)c3ccc(-c4ccc(C(F)(F)F)cc4)cc3)C(=O)O)cc2)cc1. The second-order valence-corrected chi connectivity index (χ2v) is 8.60. The van der Waals surface area contributed by atoms with Crippen LogP contribution in [0.15, 0.2) is 97.1 Å². The maximum absolute atomic E-state index is 12.8. The number of carboxylic acid groups (broad SMARTS) is 1. The van der Waals surface area contributed by atoms with E-state index in [9.17, 15) is 27.9 Å². The van der Waals surface area contributed by atoms with Gasteiger partial charge in [-0.1, -0.05) is 36.4 Å². The highest BCUT2D eigenvalue weighted by atomic mass is 19.4. The minimum atomic E-state index is -4.43. The Hall–Kier alpha value is -5.10. The second kappa shape index (κ2) is 11.5. The van der Waals surface area contributed by atoms with Crippen molar-refractivity contribution in [2.45, 2.75) is 18.6 Å². The number of halogens is 3. The van der Waals surface area contributed by atoms with Gasteiger partial charge in [0.1, 0.15) is 17.5 Å². The summed E-state index contributed by atoms with van der Waals surface area (Å²) in [5.74, 6) is -0.737. The molecule has 9 heteroatoms. The van der Waals surface area contributed by atoms with Crippen LogP contribution in [0, 0.1) is 11.3 Å². The Kier molecular flexibility index (Phi) is 7.96. The summed E-state index contributed by atoms with van der Waals surface area (Å²) in [6.07, 6.45) is -4.40. The molecule has 0 aliphatic heterocycles. The number of ether oxygens (including phenoxy) is 1. The van der Waals surface area contributed by atoms with Gasteiger partial charge in [0.15, 0.2) is 0 Å². The molecule has 1 amide bonds. The number of carbonyl (C=O) groups excluding carboxylic acids is 1. The molecule has 0 radical (unpaired) electrons. The second-order valence-electron chi connectivity index (χ2n) is 8.60. The number of aliphatic carboxylic acids is 1. The van der Waals surface area contributed by atoms with Crippen molar-refractivity contribution in [1.82, 2.24) is 5.32 Å². The number of alkyl halides is 3. The molecule has 0 spiro atoms. The molecule has 4 rings (SSSR count). The predicted octanol–water partition coefficient (Wildman–Crippen LogP) is 6.46. The summed E-state index contributed by atoms with van der Waals surface area (Å²) in [5, 5.41) is 21.0. The standard InChI is InChI=1S/C30H21F3N2O4/c31-30(32,33)24-11-9-22(10-12-24)21-5-7-23(8-6-21)28(36)35-27(29(37)38)17-19-1-13-25(14-2-19)39-26-15-3-20(18-34)4-16-26/h1-16,27H,17H2,(H,35,36)(H,37,38)/t27-/m0/s1. The Labute approximate surface area is 221 Å². The van der Waals surface area contributed by atoms with Crippen molar-refractivity contribution < 1.29 is 32.6 Å². The van der Waals surface area contributed by atoms with E-state index < -0.39 is 29.7 Å². The van der Waals surface area contributed by atoms with Crippen LogP contribution in [0.25, 0.3) is 11.1 Å². The van der Waals surface area contributed by atoms with E-state index in [-0.39, 0.29) is 12.0 Å². The van der Waals surface area contributed by atoms with Crippen molar-refractivity contribution in [3.63, 3.8) is 0 Å². The number of carboxylic acids is 1. The molecule has 0 bridgehead atoms. The van der Waals surface area contributed by atoms with Gasteiger partial charge in [0.25, 0.3) is 5.91 Å². The largest absolute Gasteiger partial charge is 0.480 e. The molecule has 0 saturated heterocycles. The summed E-state index contributed by atoms with van der Waals surface area (Å²) >= 11 is 0. The molecule has 39 heavy (non-hydrogen) atoms. The van der Waals surface area contributed by atoms with Gasteiger partial charge in [0, 0.05) is 12.0 Å². The van der Waals surface area contributed by atoms with E-state index in [1.807, 2.05) is 6.07 Å². The third-order valence-corrected chi connectivity index (χ3v) is 5.88. The van der Waals surface area contributed by atoms with Crippen molar-refractivity contribution >= 4 is 11.9 Å². The molecule has 0 unspecified atom stereocenters. The number of nitrogens with zero attached hydrogens (tertiary/aromatic N) is 1. The lowest BCUT2D eigenvalue weighted by Gasteiger charge is -2.15. The maximum atomic E-state index is 12.8. The molecular formula is C30H21F3N2O4. The average Bonchev–Trinajstić information content (AvgIpc) is 2.93. The number of hydrogen-bond acceptors (Lipinski definition) is 4. The minimum absolute atomic E-state index is 0.0296. The molecule has 4 aromatic rings. The van der Waals surface area contributed by atoms with Gasteiger partial charge in [0.2, 0.25) is 0 Å². The monoisotopic (exact) mass is 530 g/mol. The Balaban J connectivity index is 1.38. The van der Waals surface area contributed by atoms with E-state index in [0.717, 1.165) is 12.1 Å². The van der Waals surface area contributed by atoms with Crippen LogP contribution in [0.3, 0.4) is 0 Å². The van der Waals surface area contributed by atoms with E-state index in [1.54, 1.807) is 60.7 Å². The van der Waals surface area contributed by atoms with Crippen molar-refractivity contribution in [3.05, 3.63) is 119 Å². The Morgan fingerprint density at radius 3 is 1.82 bits per heavy atom. The molecule has 0 fully saturated rings. The highest BCUT2D eigenvalue weighted by Gasteiger charge is 2.30. The predicted molar refractivity (Wildman–Crippen MR) is 137 cm³/mol. The van der Waals surface area contributed by atoms with E-state index >= 15 is 0 Å². The van der Waals surface area contributed by atoms with E-state index in [0.29, 0.717) is 33.8 Å². The van der Waals surface area contributed by atoms with Crippen LogP contribution in [0.5, 0.6) is 11.5 Å². The van der Waals surface area contributed by atoms with Gasteiger partial charge in [0.05, 0.1) is 17.2 Å². The van der Waals surface area contributed by atoms with E-state index in [4.69, 9.17) is 10.00 Å². The van der Waals surface area contributed by atoms with Crippen LogP contribution >= 0.6 is 0 Å². The third-order valence-electron chi connectivity index (χ3n) is 5.88. The lowest BCUT2D eigenvalue weighted by Crippen LogP contribution is -2.42. The van der Waals surface area contributed by atoms with Crippen molar-refractivity contribution in [3.8, 4) is 28.7 Å². The lowest BCUT2D eigenvalue weighted by molar-refractivity contribution is -0.139. The molecule has 1 atom stereocenters. The van der Waals surface area contributed by atoms with Crippen LogP contribution in [-0.2, 0) is 17.4 Å². The molecule has 4 aromatic carbocycles. The molecule has 6 nitrogen and oxygen atoms in total. The lowest BCUT2D eigenvalue weighted by atomic mass is 10.0. The molecule has 196 valence electrons. The van der Waals surface area contributed by atoms with Gasteiger partial charge in [-0.3, -0.25) is 4.79 Å². The minimum Gasteiger partial charge on any atom is -0.480 e. The third kappa shape index (κ3) is 7.02. The number of hydrogen-bond donors (Lipinski definition) is 2. The van der Waals surface area contributed by atoms with Gasteiger partial charge < -0.3 is 15.2 Å². The fourth-order valence-corrected chi connectivity index (χ4v) is 3.77. The molecule has 0 heterocycles. The molecule has 0 aliphatic carbocycles. The van der Waals surface area contributed by atoms with E-state index in [2.05, 4.69) is 5.32 Å². The van der Waals surface area contributed by atoms with Crippen LogP contribution < -0.4 is 10.1 Å². The zero-order valence-electron chi connectivity index (χ0n) is 20.3. The molecular weight excluding hydrogens is 509 g/mol. The van der Waals surface area contributed by atoms with Gasteiger partial charge in [-0.15, -0.1) is 0 Å². The first-order valence-electron chi connectivity index (χ1n) is 11.7. The zero-order valence-corrected chi connectivity index (χ0v) is 20.3. The molecule has 0 aliphatic rings. The number of amides is 1. The van der Waals surface area contributed by atoms with Crippen LogP contribution in [0.2, 0.25) is 0 Å². The van der Waals surface area contributed by atoms with Crippen molar-refractivity contribution in [2.24, 2.45) is 0 Å². The number of nitriles is 1. The van der Waals surface area contributed by atoms with Gasteiger partial charge in [-0.25, -0.2) is 4.79 Å². The maximum Gasteiger partial charge on any atom is 0.416 e. The summed E-state index contributed by atoms with van der Waals surface area (Å²) in [7, 11) is 0. The quantitative estimate of drug-likeness (QED) is 0.272. The number of rotatable bonds is 8. The molecule has 2 N–H and O–H groups in total. The summed E-state index contributed by atoms with van der Waals surface area (Å²) in [6.45, 7) is 0. The Bertz CT molecular complexity index is 1490. The Morgan fingerprint density at radius 1 is 0.821 bits per heavy atom. The Morgan fingerprint density at radius 2 is 1.33 bits per heavy atom. The van der Waals surface area contributed by atoms with Gasteiger partial charge in [-0.2, -0.15) is 18.4 Å². The van der Waals surface area contributed by atoms with Crippen LogP contribution in [0.4, 0.5) is 13.2 Å². The van der Waals surface area contributed by atoms with Crippen molar-refractivity contribution in [2.75, 3.05) is 0 Å². The first-order chi connectivity index (χ1) is 18.6. The average molecular weight is 531 g/mol. The number of nitrogens with one attached hydrogen (secondary N) is 1. The zero-order chi connectivity index (χ0) is 28.0. The fraction of sp³-hybridized carbons (Fsp3) is 0.100. The highest BCUT2D eigenvalue weighted by molar-refractivity contribution is 5.97. The smallest absolute Gasteiger partial charge is 0.416 e. The normalized spacial score (nSPS) is 11.7.